The van der Waals surface area contributed by atoms with E-state index in [4.69, 9.17) is 0 Å². The zero-order valence-corrected chi connectivity index (χ0v) is 10.2. The maximum atomic E-state index is 11.1. The van der Waals surface area contributed by atoms with E-state index in [0.29, 0.717) is 6.42 Å². The molecule has 4 atom stereocenters. The molecule has 1 rings (SSSR count). The first-order valence-corrected chi connectivity index (χ1v) is 7.32. The Morgan fingerprint density at radius 1 is 1.27 bits per heavy atom. The van der Waals surface area contributed by atoms with Crippen molar-refractivity contribution in [2.75, 3.05) is 12.0 Å². The van der Waals surface area contributed by atoms with Crippen LogP contribution in [0, 0.1) is 17.8 Å². The van der Waals surface area contributed by atoms with Crippen molar-refractivity contribution in [2.24, 2.45) is 17.8 Å². The van der Waals surface area contributed by atoms with Gasteiger partial charge in [-0.15, -0.1) is 0 Å². The SMILES string of the molecule is CC(C)[C@@H]1C[C@H](CS(C)(=O)=O)[C@@H](O)[C@H]1O. The Hall–Kier alpha value is -0.130. The Labute approximate surface area is 91.2 Å². The van der Waals surface area contributed by atoms with Gasteiger partial charge in [0.05, 0.1) is 18.0 Å². The van der Waals surface area contributed by atoms with Crippen LogP contribution in [-0.4, -0.2) is 42.8 Å². The topological polar surface area (TPSA) is 74.6 Å². The van der Waals surface area contributed by atoms with Crippen molar-refractivity contribution in [1.82, 2.24) is 0 Å². The lowest BCUT2D eigenvalue weighted by molar-refractivity contribution is -0.000958. The summed E-state index contributed by atoms with van der Waals surface area (Å²) in [6.07, 6.45) is 0.0749. The Bertz CT molecular complexity index is 309. The van der Waals surface area contributed by atoms with Crippen LogP contribution in [0.1, 0.15) is 20.3 Å². The lowest BCUT2D eigenvalue weighted by Crippen LogP contribution is -2.32. The van der Waals surface area contributed by atoms with Crippen LogP contribution in [0.3, 0.4) is 0 Å². The first-order valence-electron chi connectivity index (χ1n) is 5.26. The Balaban J connectivity index is 2.71. The summed E-state index contributed by atoms with van der Waals surface area (Å²) in [6, 6.07) is 0. The molecule has 0 unspecified atom stereocenters. The highest BCUT2D eigenvalue weighted by Crippen LogP contribution is 2.36. The van der Waals surface area contributed by atoms with Gasteiger partial charge < -0.3 is 10.2 Å². The van der Waals surface area contributed by atoms with Gasteiger partial charge in [-0.3, -0.25) is 0 Å². The van der Waals surface area contributed by atoms with Crippen LogP contribution in [0.25, 0.3) is 0 Å². The molecule has 1 aliphatic carbocycles. The molecule has 0 spiro atoms. The minimum absolute atomic E-state index is 0.00625. The third-order valence-corrected chi connectivity index (χ3v) is 4.25. The Morgan fingerprint density at radius 3 is 2.13 bits per heavy atom. The van der Waals surface area contributed by atoms with Crippen molar-refractivity contribution in [3.05, 3.63) is 0 Å². The molecule has 1 saturated carbocycles. The maximum Gasteiger partial charge on any atom is 0.147 e. The fraction of sp³-hybridized carbons (Fsp3) is 1.00. The van der Waals surface area contributed by atoms with Crippen LogP contribution in [-0.2, 0) is 9.84 Å². The fourth-order valence-electron chi connectivity index (χ4n) is 2.38. The number of hydrogen-bond acceptors (Lipinski definition) is 4. The van der Waals surface area contributed by atoms with Crippen molar-refractivity contribution in [1.29, 1.82) is 0 Å². The first kappa shape index (κ1) is 12.9. The number of aliphatic hydroxyl groups excluding tert-OH is 2. The van der Waals surface area contributed by atoms with Crippen LogP contribution in [0.4, 0.5) is 0 Å². The molecule has 1 aliphatic rings. The second kappa shape index (κ2) is 4.39. The van der Waals surface area contributed by atoms with Gasteiger partial charge >= 0.3 is 0 Å². The summed E-state index contributed by atoms with van der Waals surface area (Å²) in [5, 5.41) is 19.5. The second-order valence-electron chi connectivity index (χ2n) is 4.98. The van der Waals surface area contributed by atoms with Crippen LogP contribution in [0.5, 0.6) is 0 Å². The van der Waals surface area contributed by atoms with Gasteiger partial charge in [0, 0.05) is 12.2 Å². The molecule has 15 heavy (non-hydrogen) atoms. The fourth-order valence-corrected chi connectivity index (χ4v) is 3.49. The molecule has 2 N–H and O–H groups in total. The summed E-state index contributed by atoms with van der Waals surface area (Å²) in [5.74, 6) is -0.0811. The largest absolute Gasteiger partial charge is 0.390 e. The molecule has 4 nitrogen and oxygen atoms in total. The van der Waals surface area contributed by atoms with E-state index in [9.17, 15) is 18.6 Å². The lowest BCUT2D eigenvalue weighted by Gasteiger charge is -2.19. The molecule has 0 aromatic rings. The van der Waals surface area contributed by atoms with E-state index in [-0.39, 0.29) is 23.5 Å². The summed E-state index contributed by atoms with van der Waals surface area (Å²) >= 11 is 0. The van der Waals surface area contributed by atoms with E-state index < -0.39 is 22.0 Å². The number of sulfone groups is 1. The molecule has 0 amide bonds. The molecule has 0 saturated heterocycles. The Morgan fingerprint density at radius 2 is 1.80 bits per heavy atom. The normalized spacial score (nSPS) is 37.5. The molecule has 0 radical (unpaired) electrons. The molecule has 0 aromatic heterocycles. The minimum atomic E-state index is -3.08. The van der Waals surface area contributed by atoms with Gasteiger partial charge in [0.15, 0.2) is 0 Å². The molecular formula is C10H20O4S. The van der Waals surface area contributed by atoms with Gasteiger partial charge in [-0.05, 0) is 18.3 Å². The average molecular weight is 236 g/mol. The van der Waals surface area contributed by atoms with Crippen molar-refractivity contribution in [3.8, 4) is 0 Å². The van der Waals surface area contributed by atoms with Gasteiger partial charge in [-0.1, -0.05) is 13.8 Å². The molecule has 0 heterocycles. The molecular weight excluding hydrogens is 216 g/mol. The number of rotatable bonds is 3. The summed E-state index contributed by atoms with van der Waals surface area (Å²) in [7, 11) is -3.08. The average Bonchev–Trinajstić information content (AvgIpc) is 2.30. The zero-order chi connectivity index (χ0) is 11.8. The molecule has 90 valence electrons. The predicted octanol–water partition coefficient (Wildman–Crippen LogP) is 0.0449. The quantitative estimate of drug-likeness (QED) is 0.726. The molecule has 0 aromatic carbocycles. The number of hydrogen-bond donors (Lipinski definition) is 2. The molecule has 0 bridgehead atoms. The highest BCUT2D eigenvalue weighted by atomic mass is 32.2. The first-order chi connectivity index (χ1) is 6.72. The summed E-state index contributed by atoms with van der Waals surface area (Å²) in [6.45, 7) is 3.95. The van der Waals surface area contributed by atoms with E-state index in [1.165, 1.54) is 0 Å². The summed E-state index contributed by atoms with van der Waals surface area (Å²) in [4.78, 5) is 0. The molecule has 1 fully saturated rings. The van der Waals surface area contributed by atoms with E-state index in [0.717, 1.165) is 6.26 Å². The Kier molecular flexibility index (Phi) is 3.79. The van der Waals surface area contributed by atoms with E-state index in [1.54, 1.807) is 0 Å². The van der Waals surface area contributed by atoms with E-state index in [2.05, 4.69) is 0 Å². The van der Waals surface area contributed by atoms with Gasteiger partial charge in [-0.2, -0.15) is 0 Å². The predicted molar refractivity (Wildman–Crippen MR) is 58.2 cm³/mol. The van der Waals surface area contributed by atoms with Crippen LogP contribution in [0.15, 0.2) is 0 Å². The summed E-state index contributed by atoms with van der Waals surface area (Å²) < 4.78 is 22.2. The lowest BCUT2D eigenvalue weighted by atomic mass is 9.92. The zero-order valence-electron chi connectivity index (χ0n) is 9.42. The third-order valence-electron chi connectivity index (χ3n) is 3.22. The van der Waals surface area contributed by atoms with Crippen LogP contribution < -0.4 is 0 Å². The summed E-state index contributed by atoms with van der Waals surface area (Å²) in [5.41, 5.74) is 0. The highest BCUT2D eigenvalue weighted by Gasteiger charge is 2.43. The highest BCUT2D eigenvalue weighted by molar-refractivity contribution is 7.90. The van der Waals surface area contributed by atoms with E-state index >= 15 is 0 Å². The minimum Gasteiger partial charge on any atom is -0.390 e. The monoisotopic (exact) mass is 236 g/mol. The van der Waals surface area contributed by atoms with Crippen LogP contribution >= 0.6 is 0 Å². The smallest absolute Gasteiger partial charge is 0.147 e. The van der Waals surface area contributed by atoms with E-state index in [1.807, 2.05) is 13.8 Å². The molecule has 5 heteroatoms. The van der Waals surface area contributed by atoms with Crippen molar-refractivity contribution in [3.63, 3.8) is 0 Å². The molecule has 0 aliphatic heterocycles. The van der Waals surface area contributed by atoms with Gasteiger partial charge in [-0.25, -0.2) is 8.42 Å². The van der Waals surface area contributed by atoms with Crippen LogP contribution in [0.2, 0.25) is 0 Å². The van der Waals surface area contributed by atoms with Gasteiger partial charge in [0.2, 0.25) is 0 Å². The van der Waals surface area contributed by atoms with Crippen molar-refractivity contribution in [2.45, 2.75) is 32.5 Å². The van der Waals surface area contributed by atoms with Gasteiger partial charge in [0.1, 0.15) is 9.84 Å². The number of aliphatic hydroxyl groups is 2. The second-order valence-corrected chi connectivity index (χ2v) is 7.16. The maximum absolute atomic E-state index is 11.1. The standard InChI is InChI=1S/C10H20O4S/c1-6(2)8-4-7(5-15(3,13)14)9(11)10(8)12/h6-12H,4-5H2,1-3H3/t7-,8+,9-,10+/m1/s1. The third kappa shape index (κ3) is 3.16. The van der Waals surface area contributed by atoms with Crippen molar-refractivity contribution < 1.29 is 18.6 Å². The van der Waals surface area contributed by atoms with Crippen molar-refractivity contribution >= 4 is 9.84 Å². The van der Waals surface area contributed by atoms with Gasteiger partial charge in [0.25, 0.3) is 0 Å².